The van der Waals surface area contributed by atoms with Crippen molar-refractivity contribution < 1.29 is 29.0 Å². The Morgan fingerprint density at radius 2 is 1.51 bits per heavy atom. The molecule has 2 fully saturated rings. The van der Waals surface area contributed by atoms with Crippen molar-refractivity contribution in [2.45, 2.75) is 45.1 Å². The fourth-order valence-electron chi connectivity index (χ4n) is 6.25. The summed E-state index contributed by atoms with van der Waals surface area (Å²) in [5.74, 6) is -0.859. The molecule has 2 aromatic rings. The van der Waals surface area contributed by atoms with Gasteiger partial charge in [-0.1, -0.05) is 48.5 Å². The van der Waals surface area contributed by atoms with E-state index in [4.69, 9.17) is 9.47 Å². The molecule has 8 heteroatoms. The molecule has 2 aliphatic carbocycles. The van der Waals surface area contributed by atoms with Crippen molar-refractivity contribution in [2.24, 2.45) is 17.3 Å². The molecule has 8 nitrogen and oxygen atoms in total. The fourth-order valence-corrected chi connectivity index (χ4v) is 6.25. The monoisotopic (exact) mass is 506 g/mol. The normalized spacial score (nSPS) is 24.2. The highest BCUT2D eigenvalue weighted by Crippen LogP contribution is 2.49. The Morgan fingerprint density at radius 3 is 2.03 bits per heavy atom. The first-order valence-corrected chi connectivity index (χ1v) is 12.9. The Kier molecular flexibility index (Phi) is 6.38. The number of hydrogen-bond donors (Lipinski definition) is 2. The van der Waals surface area contributed by atoms with Crippen molar-refractivity contribution in [3.8, 4) is 11.1 Å². The van der Waals surface area contributed by atoms with E-state index in [1.165, 1.54) is 0 Å². The van der Waals surface area contributed by atoms with Gasteiger partial charge in [0.25, 0.3) is 0 Å². The average molecular weight is 507 g/mol. The van der Waals surface area contributed by atoms with Crippen LogP contribution in [0.2, 0.25) is 0 Å². The molecule has 5 rings (SSSR count). The number of fused-ring (bicyclic) bond motifs is 4. The SMILES string of the molecule is CC(C)(C)OC(=O)N1CC2CC(CNC(=O)OCC3c4ccccc4-c4ccccc43)(C(=O)O)CC2C1. The highest BCUT2D eigenvalue weighted by Gasteiger charge is 2.54. The third-order valence-electron chi connectivity index (χ3n) is 7.90. The van der Waals surface area contributed by atoms with Gasteiger partial charge in [0.2, 0.25) is 0 Å². The van der Waals surface area contributed by atoms with Crippen LogP contribution in [0.5, 0.6) is 0 Å². The molecule has 0 aromatic heterocycles. The highest BCUT2D eigenvalue weighted by molar-refractivity contribution is 5.79. The van der Waals surface area contributed by atoms with E-state index in [-0.39, 0.29) is 37.0 Å². The number of nitrogens with one attached hydrogen (secondary N) is 1. The van der Waals surface area contributed by atoms with E-state index in [1.54, 1.807) is 4.90 Å². The van der Waals surface area contributed by atoms with Crippen LogP contribution in [-0.4, -0.2) is 60.0 Å². The lowest BCUT2D eigenvalue weighted by Gasteiger charge is -2.28. The quantitative estimate of drug-likeness (QED) is 0.599. The molecule has 3 aliphatic rings. The second-order valence-corrected chi connectivity index (χ2v) is 11.6. The van der Waals surface area contributed by atoms with Crippen molar-refractivity contribution in [1.29, 1.82) is 0 Å². The second-order valence-electron chi connectivity index (χ2n) is 11.6. The Balaban J connectivity index is 1.17. The number of carboxylic acids is 1. The highest BCUT2D eigenvalue weighted by atomic mass is 16.6. The van der Waals surface area contributed by atoms with E-state index >= 15 is 0 Å². The molecule has 1 saturated heterocycles. The van der Waals surface area contributed by atoms with Crippen molar-refractivity contribution in [3.63, 3.8) is 0 Å². The van der Waals surface area contributed by atoms with Crippen molar-refractivity contribution in [3.05, 3.63) is 59.7 Å². The molecule has 2 unspecified atom stereocenters. The fraction of sp³-hybridized carbons (Fsp3) is 0.483. The molecule has 196 valence electrons. The molecule has 1 heterocycles. The Morgan fingerprint density at radius 1 is 0.973 bits per heavy atom. The number of carbonyl (C=O) groups excluding carboxylic acids is 2. The molecule has 0 bridgehead atoms. The largest absolute Gasteiger partial charge is 0.481 e. The third-order valence-corrected chi connectivity index (χ3v) is 7.90. The summed E-state index contributed by atoms with van der Waals surface area (Å²) in [5.41, 5.74) is 2.89. The van der Waals surface area contributed by atoms with Gasteiger partial charge in [0.1, 0.15) is 12.2 Å². The average Bonchev–Trinajstić information content (AvgIpc) is 3.49. The number of nitrogens with zero attached hydrogens (tertiary/aromatic N) is 1. The maximum absolute atomic E-state index is 12.7. The Hall–Kier alpha value is -3.55. The first-order valence-electron chi connectivity index (χ1n) is 12.9. The number of aliphatic carboxylic acids is 1. The van der Waals surface area contributed by atoms with Crippen LogP contribution in [0.4, 0.5) is 9.59 Å². The topological polar surface area (TPSA) is 105 Å². The first-order chi connectivity index (χ1) is 17.6. The minimum atomic E-state index is -1.07. The van der Waals surface area contributed by atoms with Gasteiger partial charge in [0.15, 0.2) is 0 Å². The van der Waals surface area contributed by atoms with Crippen molar-refractivity contribution in [1.82, 2.24) is 10.2 Å². The number of carboxylic acid groups (broad SMARTS) is 1. The number of carbonyl (C=O) groups is 3. The standard InChI is InChI=1S/C29H34N2O6/c1-28(2,3)37-27(35)31-14-18-12-29(25(32)33,13-19(18)15-31)17-30-26(34)36-16-24-22-10-6-4-8-20(22)21-9-5-7-11-23(21)24/h4-11,18-19,24H,12-17H2,1-3H3,(H,30,34)(H,32,33). The molecule has 2 N–H and O–H groups in total. The van der Waals surface area contributed by atoms with Crippen LogP contribution < -0.4 is 5.32 Å². The Bertz CT molecular complexity index is 1160. The summed E-state index contributed by atoms with van der Waals surface area (Å²) < 4.78 is 11.1. The summed E-state index contributed by atoms with van der Waals surface area (Å²) in [6.07, 6.45) is -0.180. The molecule has 2 amide bonds. The molecule has 0 spiro atoms. The number of benzene rings is 2. The van der Waals surface area contributed by atoms with E-state index in [2.05, 4.69) is 29.6 Å². The second kappa shape index (κ2) is 9.39. The number of amides is 2. The van der Waals surface area contributed by atoms with Gasteiger partial charge in [0.05, 0.1) is 5.41 Å². The molecule has 0 radical (unpaired) electrons. The summed E-state index contributed by atoms with van der Waals surface area (Å²) in [6.45, 7) is 6.60. The smallest absolute Gasteiger partial charge is 0.410 e. The van der Waals surface area contributed by atoms with Crippen LogP contribution in [-0.2, 0) is 14.3 Å². The van der Waals surface area contributed by atoms with Gasteiger partial charge in [0, 0.05) is 25.6 Å². The van der Waals surface area contributed by atoms with Gasteiger partial charge in [-0.05, 0) is 67.7 Å². The van der Waals surface area contributed by atoms with E-state index < -0.39 is 23.1 Å². The van der Waals surface area contributed by atoms with Crippen LogP contribution in [0.15, 0.2) is 48.5 Å². The van der Waals surface area contributed by atoms with Crippen LogP contribution in [0.3, 0.4) is 0 Å². The van der Waals surface area contributed by atoms with Crippen LogP contribution in [0, 0.1) is 17.3 Å². The lowest BCUT2D eigenvalue weighted by atomic mass is 9.84. The van der Waals surface area contributed by atoms with Crippen LogP contribution >= 0.6 is 0 Å². The molecule has 2 aromatic carbocycles. The molecule has 1 aliphatic heterocycles. The van der Waals surface area contributed by atoms with Gasteiger partial charge >= 0.3 is 18.2 Å². The van der Waals surface area contributed by atoms with E-state index in [1.807, 2.05) is 45.0 Å². The predicted molar refractivity (Wildman–Crippen MR) is 137 cm³/mol. The zero-order chi connectivity index (χ0) is 26.4. The number of rotatable bonds is 5. The Labute approximate surface area is 216 Å². The first kappa shape index (κ1) is 25.1. The summed E-state index contributed by atoms with van der Waals surface area (Å²) >= 11 is 0. The van der Waals surface area contributed by atoms with Crippen molar-refractivity contribution in [2.75, 3.05) is 26.2 Å². The van der Waals surface area contributed by atoms with Gasteiger partial charge in [-0.15, -0.1) is 0 Å². The van der Waals surface area contributed by atoms with Crippen molar-refractivity contribution >= 4 is 18.2 Å². The number of hydrogen-bond acceptors (Lipinski definition) is 5. The zero-order valence-electron chi connectivity index (χ0n) is 21.5. The number of ether oxygens (including phenoxy) is 2. The van der Waals surface area contributed by atoms with Gasteiger partial charge in [-0.3, -0.25) is 4.79 Å². The lowest BCUT2D eigenvalue weighted by molar-refractivity contribution is -0.148. The minimum absolute atomic E-state index is 0.00154. The predicted octanol–water partition coefficient (Wildman–Crippen LogP) is 4.87. The third kappa shape index (κ3) is 4.89. The molecule has 2 atom stereocenters. The summed E-state index contributed by atoms with van der Waals surface area (Å²) in [5, 5.41) is 12.8. The maximum Gasteiger partial charge on any atom is 0.410 e. The maximum atomic E-state index is 12.7. The van der Waals surface area contributed by atoms with E-state index in [9.17, 15) is 19.5 Å². The minimum Gasteiger partial charge on any atom is -0.481 e. The van der Waals surface area contributed by atoms with Gasteiger partial charge in [-0.2, -0.15) is 0 Å². The summed E-state index contributed by atoms with van der Waals surface area (Å²) in [6, 6.07) is 16.2. The molecule has 37 heavy (non-hydrogen) atoms. The molecule has 1 saturated carbocycles. The lowest BCUT2D eigenvalue weighted by Crippen LogP contribution is -2.43. The van der Waals surface area contributed by atoms with Gasteiger partial charge < -0.3 is 24.8 Å². The summed E-state index contributed by atoms with van der Waals surface area (Å²) in [7, 11) is 0. The van der Waals surface area contributed by atoms with Gasteiger partial charge in [-0.25, -0.2) is 9.59 Å². The van der Waals surface area contributed by atoms with Crippen LogP contribution in [0.1, 0.15) is 50.7 Å². The zero-order valence-corrected chi connectivity index (χ0v) is 21.5. The van der Waals surface area contributed by atoms with E-state index in [0.717, 1.165) is 22.3 Å². The number of alkyl carbamates (subject to hydrolysis) is 1. The summed E-state index contributed by atoms with van der Waals surface area (Å²) in [4.78, 5) is 39.1. The molecular formula is C29H34N2O6. The van der Waals surface area contributed by atoms with E-state index in [0.29, 0.717) is 25.9 Å². The van der Waals surface area contributed by atoms with Crippen LogP contribution in [0.25, 0.3) is 11.1 Å². The number of likely N-dealkylation sites (tertiary alicyclic amines) is 1. The molecular weight excluding hydrogens is 472 g/mol.